The van der Waals surface area contributed by atoms with Crippen LogP contribution in [0.5, 0.6) is 5.75 Å². The summed E-state index contributed by atoms with van der Waals surface area (Å²) in [6, 6.07) is 16.0. The number of carbonyl (C=O) groups is 2. The molecule has 0 bridgehead atoms. The summed E-state index contributed by atoms with van der Waals surface area (Å²) < 4.78 is 18.4. The van der Waals surface area contributed by atoms with Crippen molar-refractivity contribution in [3.8, 4) is 22.3 Å². The SMILES string of the molecule is Cc1cc(C(=O)NNC(=O)COc2ccc(C#N)cc2)sc1-c1ccc(F)cc1. The van der Waals surface area contributed by atoms with Gasteiger partial charge in [0, 0.05) is 4.88 Å². The van der Waals surface area contributed by atoms with Crippen LogP contribution in [0, 0.1) is 24.1 Å². The van der Waals surface area contributed by atoms with Gasteiger partial charge in [-0.2, -0.15) is 5.26 Å². The van der Waals surface area contributed by atoms with E-state index in [9.17, 15) is 14.0 Å². The minimum atomic E-state index is -0.533. The van der Waals surface area contributed by atoms with E-state index >= 15 is 0 Å². The van der Waals surface area contributed by atoms with Crippen LogP contribution in [0.25, 0.3) is 10.4 Å². The number of nitrogens with zero attached hydrogens (tertiary/aromatic N) is 1. The van der Waals surface area contributed by atoms with E-state index in [2.05, 4.69) is 10.9 Å². The third-order valence-electron chi connectivity index (χ3n) is 3.92. The minimum Gasteiger partial charge on any atom is -0.484 e. The normalized spacial score (nSPS) is 10.1. The largest absolute Gasteiger partial charge is 0.484 e. The predicted octanol–water partition coefficient (Wildman–Crippen LogP) is 3.57. The van der Waals surface area contributed by atoms with Crippen molar-refractivity contribution in [2.45, 2.75) is 6.92 Å². The van der Waals surface area contributed by atoms with Gasteiger partial charge in [0.15, 0.2) is 6.61 Å². The molecule has 0 aliphatic carbocycles. The number of ether oxygens (including phenoxy) is 1. The van der Waals surface area contributed by atoms with Crippen molar-refractivity contribution >= 4 is 23.2 Å². The van der Waals surface area contributed by atoms with Crippen molar-refractivity contribution in [2.75, 3.05) is 6.61 Å². The molecule has 0 atom stereocenters. The maximum atomic E-state index is 13.1. The molecule has 2 aromatic carbocycles. The topological polar surface area (TPSA) is 91.2 Å². The Labute approximate surface area is 170 Å². The zero-order valence-electron chi connectivity index (χ0n) is 15.4. The lowest BCUT2D eigenvalue weighted by Crippen LogP contribution is -2.43. The first-order chi connectivity index (χ1) is 14.0. The molecule has 6 nitrogen and oxygen atoms in total. The van der Waals surface area contributed by atoms with Gasteiger partial charge in [-0.05, 0) is 60.5 Å². The monoisotopic (exact) mass is 409 g/mol. The Kier molecular flexibility index (Phi) is 6.22. The van der Waals surface area contributed by atoms with Crippen LogP contribution >= 0.6 is 11.3 Å². The molecule has 0 spiro atoms. The first kappa shape index (κ1) is 20.0. The van der Waals surface area contributed by atoms with E-state index in [1.54, 1.807) is 42.5 Å². The van der Waals surface area contributed by atoms with Crippen LogP contribution in [-0.4, -0.2) is 18.4 Å². The van der Waals surface area contributed by atoms with Crippen LogP contribution in [0.2, 0.25) is 0 Å². The van der Waals surface area contributed by atoms with Crippen LogP contribution in [0.3, 0.4) is 0 Å². The van der Waals surface area contributed by atoms with Crippen LogP contribution in [-0.2, 0) is 4.79 Å². The summed E-state index contributed by atoms with van der Waals surface area (Å²) in [4.78, 5) is 25.4. The van der Waals surface area contributed by atoms with Gasteiger partial charge in [-0.25, -0.2) is 4.39 Å². The van der Waals surface area contributed by atoms with E-state index in [1.165, 1.54) is 23.5 Å². The number of nitriles is 1. The van der Waals surface area contributed by atoms with Crippen LogP contribution in [0.15, 0.2) is 54.6 Å². The summed E-state index contributed by atoms with van der Waals surface area (Å²) >= 11 is 1.25. The third-order valence-corrected chi connectivity index (χ3v) is 5.20. The van der Waals surface area contributed by atoms with E-state index < -0.39 is 11.8 Å². The highest BCUT2D eigenvalue weighted by atomic mass is 32.1. The lowest BCUT2D eigenvalue weighted by Gasteiger charge is -2.08. The predicted molar refractivity (Wildman–Crippen MR) is 107 cm³/mol. The van der Waals surface area contributed by atoms with E-state index in [0.29, 0.717) is 16.2 Å². The van der Waals surface area contributed by atoms with Crippen molar-refractivity contribution < 1.29 is 18.7 Å². The fraction of sp³-hybridized carbons (Fsp3) is 0.0952. The summed E-state index contributed by atoms with van der Waals surface area (Å²) in [5, 5.41) is 8.75. The fourth-order valence-corrected chi connectivity index (χ4v) is 3.55. The Morgan fingerprint density at radius 2 is 1.79 bits per heavy atom. The molecule has 2 N–H and O–H groups in total. The molecule has 0 radical (unpaired) electrons. The molecule has 0 aliphatic heterocycles. The molecule has 3 aromatic rings. The molecule has 8 heteroatoms. The molecule has 0 unspecified atom stereocenters. The number of halogens is 1. The number of carbonyl (C=O) groups excluding carboxylic acids is 2. The van der Waals surface area contributed by atoms with Crippen molar-refractivity contribution in [3.63, 3.8) is 0 Å². The fourth-order valence-electron chi connectivity index (χ4n) is 2.48. The number of amides is 2. The molecular formula is C21H16FN3O3S. The number of hydrogen-bond donors (Lipinski definition) is 2. The van der Waals surface area contributed by atoms with Gasteiger partial charge >= 0.3 is 0 Å². The Morgan fingerprint density at radius 3 is 2.45 bits per heavy atom. The number of benzene rings is 2. The molecule has 2 amide bonds. The number of aryl methyl sites for hydroxylation is 1. The quantitative estimate of drug-likeness (QED) is 0.630. The highest BCUT2D eigenvalue weighted by molar-refractivity contribution is 7.17. The second-order valence-electron chi connectivity index (χ2n) is 6.06. The molecule has 0 aliphatic rings. The summed E-state index contributed by atoms with van der Waals surface area (Å²) in [7, 11) is 0. The highest BCUT2D eigenvalue weighted by Crippen LogP contribution is 2.32. The Balaban J connectivity index is 1.53. The number of thiophene rings is 1. The smallest absolute Gasteiger partial charge is 0.279 e. The number of hydrazine groups is 1. The lowest BCUT2D eigenvalue weighted by molar-refractivity contribution is -0.123. The van der Waals surface area contributed by atoms with Gasteiger partial charge in [-0.1, -0.05) is 12.1 Å². The lowest BCUT2D eigenvalue weighted by atomic mass is 10.1. The number of rotatable bonds is 5. The molecule has 29 heavy (non-hydrogen) atoms. The van der Waals surface area contributed by atoms with Crippen molar-refractivity contribution in [2.24, 2.45) is 0 Å². The molecule has 1 heterocycles. The molecular weight excluding hydrogens is 393 g/mol. The van der Waals surface area contributed by atoms with Gasteiger partial charge in [0.05, 0.1) is 16.5 Å². The Bertz CT molecular complexity index is 1070. The molecule has 146 valence electrons. The molecule has 1 aromatic heterocycles. The van der Waals surface area contributed by atoms with Gasteiger partial charge in [-0.3, -0.25) is 20.4 Å². The van der Waals surface area contributed by atoms with Crippen molar-refractivity contribution in [3.05, 3.63) is 76.4 Å². The molecule has 3 rings (SSSR count). The first-order valence-electron chi connectivity index (χ1n) is 8.55. The van der Waals surface area contributed by atoms with Gasteiger partial charge < -0.3 is 4.74 Å². The average molecular weight is 409 g/mol. The van der Waals surface area contributed by atoms with E-state index in [0.717, 1.165) is 16.0 Å². The molecule has 0 fully saturated rings. The zero-order chi connectivity index (χ0) is 20.8. The second-order valence-corrected chi connectivity index (χ2v) is 7.11. The van der Waals surface area contributed by atoms with Gasteiger partial charge in [0.2, 0.25) is 0 Å². The van der Waals surface area contributed by atoms with Gasteiger partial charge in [-0.15, -0.1) is 11.3 Å². The van der Waals surface area contributed by atoms with Crippen molar-refractivity contribution in [1.82, 2.24) is 10.9 Å². The maximum Gasteiger partial charge on any atom is 0.279 e. The zero-order valence-corrected chi connectivity index (χ0v) is 16.2. The van der Waals surface area contributed by atoms with Gasteiger partial charge in [0.1, 0.15) is 11.6 Å². The van der Waals surface area contributed by atoms with E-state index in [1.807, 2.05) is 13.0 Å². The number of nitrogens with one attached hydrogen (secondary N) is 2. The maximum absolute atomic E-state index is 13.1. The Hall–Kier alpha value is -3.70. The first-order valence-corrected chi connectivity index (χ1v) is 9.36. The average Bonchev–Trinajstić information content (AvgIpc) is 3.13. The minimum absolute atomic E-state index is 0.295. The third kappa shape index (κ3) is 5.18. The molecule has 0 saturated heterocycles. The highest BCUT2D eigenvalue weighted by Gasteiger charge is 2.14. The summed E-state index contributed by atoms with van der Waals surface area (Å²) in [5.74, 6) is -0.886. The number of hydrogen-bond acceptors (Lipinski definition) is 5. The van der Waals surface area contributed by atoms with E-state index in [4.69, 9.17) is 10.00 Å². The second kappa shape index (κ2) is 8.99. The van der Waals surface area contributed by atoms with Crippen LogP contribution in [0.1, 0.15) is 20.8 Å². The van der Waals surface area contributed by atoms with Gasteiger partial charge in [0.25, 0.3) is 11.8 Å². The summed E-state index contributed by atoms with van der Waals surface area (Å²) in [6.45, 7) is 1.56. The standard InChI is InChI=1S/C21H16FN3O3S/c1-13-10-18(29-20(13)15-4-6-16(22)7-5-15)21(27)25-24-19(26)12-28-17-8-2-14(11-23)3-9-17/h2-10H,12H2,1H3,(H,24,26)(H,25,27). The van der Waals surface area contributed by atoms with Crippen LogP contribution < -0.4 is 15.6 Å². The van der Waals surface area contributed by atoms with Crippen molar-refractivity contribution in [1.29, 1.82) is 5.26 Å². The Morgan fingerprint density at radius 1 is 1.10 bits per heavy atom. The van der Waals surface area contributed by atoms with E-state index in [-0.39, 0.29) is 12.4 Å². The summed E-state index contributed by atoms with van der Waals surface area (Å²) in [6.07, 6.45) is 0. The van der Waals surface area contributed by atoms with Crippen LogP contribution in [0.4, 0.5) is 4.39 Å². The summed E-state index contributed by atoms with van der Waals surface area (Å²) in [5.41, 5.74) is 6.81. The molecule has 0 saturated carbocycles.